The Balaban J connectivity index is 2.21. The topological polar surface area (TPSA) is 70.0 Å². The molecule has 92 valence electrons. The van der Waals surface area contributed by atoms with E-state index in [0.717, 1.165) is 24.8 Å². The maximum Gasteiger partial charge on any atom is 0.228 e. The number of hydrogen-bond donors (Lipinski definition) is 1. The summed E-state index contributed by atoms with van der Waals surface area (Å²) in [6.07, 6.45) is 2.82. The lowest BCUT2D eigenvalue weighted by atomic mass is 9.95. The van der Waals surface area contributed by atoms with Crippen molar-refractivity contribution in [2.45, 2.75) is 37.5 Å². The second-order valence-electron chi connectivity index (χ2n) is 4.18. The molecule has 1 N–H and O–H groups in total. The molecule has 1 aromatic heterocycles. The van der Waals surface area contributed by atoms with Gasteiger partial charge in [0.15, 0.2) is 5.25 Å². The first-order valence-electron chi connectivity index (χ1n) is 5.51. The molecule has 1 aliphatic rings. The summed E-state index contributed by atoms with van der Waals surface area (Å²) in [6.45, 7) is 1.40. The molecular weight excluding hydrogens is 256 g/mol. The molecule has 0 radical (unpaired) electrons. The van der Waals surface area contributed by atoms with Crippen molar-refractivity contribution >= 4 is 21.4 Å². The van der Waals surface area contributed by atoms with Crippen LogP contribution < -0.4 is 4.72 Å². The summed E-state index contributed by atoms with van der Waals surface area (Å²) in [5.74, 6) is 0. The minimum Gasteiger partial charge on any atom is -0.211 e. The number of sulfonamides is 1. The van der Waals surface area contributed by atoms with E-state index in [4.69, 9.17) is 5.26 Å². The predicted octanol–water partition coefficient (Wildman–Crippen LogP) is 1.96. The van der Waals surface area contributed by atoms with Gasteiger partial charge in [-0.15, -0.1) is 11.3 Å². The Labute approximate surface area is 105 Å². The van der Waals surface area contributed by atoms with Gasteiger partial charge < -0.3 is 0 Å². The van der Waals surface area contributed by atoms with Crippen LogP contribution in [0.4, 0.5) is 0 Å². The highest BCUT2D eigenvalue weighted by atomic mass is 32.2. The minimum absolute atomic E-state index is 0.161. The van der Waals surface area contributed by atoms with Crippen molar-refractivity contribution in [3.05, 3.63) is 21.9 Å². The van der Waals surface area contributed by atoms with Crippen molar-refractivity contribution in [2.24, 2.45) is 0 Å². The van der Waals surface area contributed by atoms with Gasteiger partial charge in [0.05, 0.1) is 6.07 Å². The number of rotatable bonds is 3. The molecular formula is C11H14N2O2S2. The molecule has 2 atom stereocenters. The van der Waals surface area contributed by atoms with Gasteiger partial charge in [-0.2, -0.15) is 5.26 Å². The molecule has 0 spiro atoms. The summed E-state index contributed by atoms with van der Waals surface area (Å²) in [5, 5.41) is 9.67. The SMILES string of the molecule is CC(C#N)S(=O)(=O)NC1CCCc2sccc21. The van der Waals surface area contributed by atoms with E-state index in [0.29, 0.717) is 0 Å². The standard InChI is InChI=1S/C11H14N2O2S2/c1-8(7-12)17(14,15)13-10-3-2-4-11-9(10)5-6-16-11/h5-6,8,10,13H,2-4H2,1H3. The fourth-order valence-electron chi connectivity index (χ4n) is 1.98. The number of hydrogen-bond acceptors (Lipinski definition) is 4. The molecule has 0 aromatic carbocycles. The Morgan fingerprint density at radius 1 is 1.65 bits per heavy atom. The highest BCUT2D eigenvalue weighted by Crippen LogP contribution is 2.33. The van der Waals surface area contributed by atoms with E-state index in [-0.39, 0.29) is 6.04 Å². The summed E-state index contributed by atoms with van der Waals surface area (Å²) in [6, 6.07) is 3.58. The average molecular weight is 270 g/mol. The molecule has 1 aliphatic carbocycles. The van der Waals surface area contributed by atoms with E-state index < -0.39 is 15.3 Å². The molecule has 0 fully saturated rings. The molecule has 0 saturated carbocycles. The van der Waals surface area contributed by atoms with Gasteiger partial charge >= 0.3 is 0 Å². The summed E-state index contributed by atoms with van der Waals surface area (Å²) in [5.41, 5.74) is 1.08. The maximum absolute atomic E-state index is 11.8. The molecule has 0 amide bonds. The van der Waals surface area contributed by atoms with E-state index in [2.05, 4.69) is 4.72 Å². The van der Waals surface area contributed by atoms with Crippen LogP contribution in [0.2, 0.25) is 0 Å². The number of aryl methyl sites for hydroxylation is 1. The van der Waals surface area contributed by atoms with Crippen LogP contribution in [0.5, 0.6) is 0 Å². The van der Waals surface area contributed by atoms with Crippen molar-refractivity contribution < 1.29 is 8.42 Å². The normalized spacial score (nSPS) is 21.5. The van der Waals surface area contributed by atoms with Gasteiger partial charge in [0.2, 0.25) is 10.0 Å². The first kappa shape index (κ1) is 12.6. The molecule has 17 heavy (non-hydrogen) atoms. The molecule has 0 bridgehead atoms. The second-order valence-corrected chi connectivity index (χ2v) is 7.21. The summed E-state index contributed by atoms with van der Waals surface area (Å²) in [4.78, 5) is 1.26. The molecule has 1 heterocycles. The Bertz CT molecular complexity index is 542. The Morgan fingerprint density at radius 3 is 3.12 bits per heavy atom. The maximum atomic E-state index is 11.8. The van der Waals surface area contributed by atoms with Gasteiger partial charge in [-0.05, 0) is 43.2 Å². The van der Waals surface area contributed by atoms with Gasteiger partial charge in [-0.1, -0.05) is 0 Å². The summed E-state index contributed by atoms with van der Waals surface area (Å²) in [7, 11) is -3.54. The zero-order valence-corrected chi connectivity index (χ0v) is 11.1. The van der Waals surface area contributed by atoms with E-state index in [9.17, 15) is 8.42 Å². The van der Waals surface area contributed by atoms with Gasteiger partial charge in [0.25, 0.3) is 0 Å². The van der Waals surface area contributed by atoms with E-state index in [1.807, 2.05) is 11.4 Å². The number of nitriles is 1. The third kappa shape index (κ3) is 2.51. The minimum atomic E-state index is -3.54. The van der Waals surface area contributed by atoms with Crippen molar-refractivity contribution in [3.63, 3.8) is 0 Å². The fourth-order valence-corrected chi connectivity index (χ4v) is 3.95. The van der Waals surface area contributed by atoms with Crippen LogP contribution in [0.3, 0.4) is 0 Å². The Morgan fingerprint density at radius 2 is 2.41 bits per heavy atom. The van der Waals surface area contributed by atoms with Crippen LogP contribution in [0.15, 0.2) is 11.4 Å². The lowest BCUT2D eigenvalue weighted by molar-refractivity contribution is 0.509. The third-order valence-electron chi connectivity index (χ3n) is 3.01. The molecule has 0 aliphatic heterocycles. The molecule has 1 aromatic rings. The molecule has 6 heteroatoms. The first-order chi connectivity index (χ1) is 8.04. The van der Waals surface area contributed by atoms with Gasteiger partial charge in [0, 0.05) is 10.9 Å². The third-order valence-corrected chi connectivity index (χ3v) is 5.65. The lowest BCUT2D eigenvalue weighted by Crippen LogP contribution is -2.35. The van der Waals surface area contributed by atoms with Crippen molar-refractivity contribution in [2.75, 3.05) is 0 Å². The van der Waals surface area contributed by atoms with Crippen LogP contribution in [0.1, 0.15) is 36.2 Å². The van der Waals surface area contributed by atoms with Crippen molar-refractivity contribution in [3.8, 4) is 6.07 Å². The fraction of sp³-hybridized carbons (Fsp3) is 0.545. The van der Waals surface area contributed by atoms with Crippen LogP contribution >= 0.6 is 11.3 Å². The van der Waals surface area contributed by atoms with Gasteiger partial charge in [-0.3, -0.25) is 0 Å². The van der Waals surface area contributed by atoms with Crippen LogP contribution in [-0.4, -0.2) is 13.7 Å². The number of nitrogens with zero attached hydrogens (tertiary/aromatic N) is 1. The predicted molar refractivity (Wildman–Crippen MR) is 67.1 cm³/mol. The van der Waals surface area contributed by atoms with Crippen LogP contribution in [-0.2, 0) is 16.4 Å². The zero-order valence-electron chi connectivity index (χ0n) is 9.51. The lowest BCUT2D eigenvalue weighted by Gasteiger charge is -2.24. The quantitative estimate of drug-likeness (QED) is 0.912. The number of fused-ring (bicyclic) bond motifs is 1. The number of thiophene rings is 1. The van der Waals surface area contributed by atoms with Crippen LogP contribution in [0.25, 0.3) is 0 Å². The average Bonchev–Trinajstić information content (AvgIpc) is 2.76. The van der Waals surface area contributed by atoms with Gasteiger partial charge in [0.1, 0.15) is 0 Å². The second kappa shape index (κ2) is 4.77. The van der Waals surface area contributed by atoms with E-state index in [1.165, 1.54) is 11.8 Å². The van der Waals surface area contributed by atoms with Crippen molar-refractivity contribution in [1.29, 1.82) is 5.26 Å². The van der Waals surface area contributed by atoms with E-state index in [1.54, 1.807) is 17.4 Å². The largest absolute Gasteiger partial charge is 0.228 e. The highest BCUT2D eigenvalue weighted by molar-refractivity contribution is 7.90. The van der Waals surface area contributed by atoms with Crippen LogP contribution in [0, 0.1) is 11.3 Å². The first-order valence-corrected chi connectivity index (χ1v) is 7.94. The Hall–Kier alpha value is -0.900. The van der Waals surface area contributed by atoms with Gasteiger partial charge in [-0.25, -0.2) is 13.1 Å². The molecule has 0 saturated heterocycles. The molecule has 4 nitrogen and oxygen atoms in total. The highest BCUT2D eigenvalue weighted by Gasteiger charge is 2.28. The summed E-state index contributed by atoms with van der Waals surface area (Å²) < 4.78 is 26.3. The smallest absolute Gasteiger partial charge is 0.211 e. The van der Waals surface area contributed by atoms with Crippen molar-refractivity contribution in [1.82, 2.24) is 4.72 Å². The number of nitrogens with one attached hydrogen (secondary N) is 1. The summed E-state index contributed by atoms with van der Waals surface area (Å²) >= 11 is 1.67. The zero-order chi connectivity index (χ0) is 12.5. The molecule has 2 rings (SSSR count). The molecule has 2 unspecified atom stereocenters. The van der Waals surface area contributed by atoms with E-state index >= 15 is 0 Å². The monoisotopic (exact) mass is 270 g/mol. The Kier molecular flexibility index (Phi) is 3.52.